The number of anilines is 1. The van der Waals surface area contributed by atoms with Gasteiger partial charge in [-0.3, -0.25) is 0 Å². The van der Waals surface area contributed by atoms with Crippen molar-refractivity contribution in [2.24, 2.45) is 0 Å². The van der Waals surface area contributed by atoms with Crippen molar-refractivity contribution in [3.05, 3.63) is 65.3 Å². The number of carbonyl (C=O) groups excluding carboxylic acids is 3. The van der Waals surface area contributed by atoms with Gasteiger partial charge in [0.15, 0.2) is 0 Å². The van der Waals surface area contributed by atoms with Gasteiger partial charge in [-0.05, 0) is 51.1 Å². The van der Waals surface area contributed by atoms with Crippen LogP contribution in [0.4, 0.5) is 10.1 Å². The summed E-state index contributed by atoms with van der Waals surface area (Å²) in [7, 11) is 2.34. The molecule has 0 radical (unpaired) electrons. The standard InChI is InChI=1S/C21H22FNO6/c1-21(2,3)29-19(25)15-12-13(9-10-16(15)22)23-11-7-6-8-14(18(24)27-4)17(23)20(26)28-5/h6-12H,1-5H3. The molecule has 0 amide bonds. The second-order valence-electron chi connectivity index (χ2n) is 6.98. The first-order valence-corrected chi connectivity index (χ1v) is 8.67. The molecule has 154 valence electrons. The van der Waals surface area contributed by atoms with Gasteiger partial charge in [-0.2, -0.15) is 0 Å². The van der Waals surface area contributed by atoms with Crippen LogP contribution in [0.1, 0.15) is 31.1 Å². The fourth-order valence-corrected chi connectivity index (χ4v) is 2.52. The number of nitrogens with zero attached hydrogens (tertiary/aromatic N) is 1. The van der Waals surface area contributed by atoms with Crippen molar-refractivity contribution in [3.63, 3.8) is 0 Å². The van der Waals surface area contributed by atoms with Crippen LogP contribution < -0.4 is 4.90 Å². The molecule has 0 fully saturated rings. The molecule has 0 spiro atoms. The number of halogens is 1. The lowest BCUT2D eigenvalue weighted by molar-refractivity contribution is -0.139. The second kappa shape index (κ2) is 8.72. The zero-order chi connectivity index (χ0) is 21.8. The maximum Gasteiger partial charge on any atom is 0.355 e. The molecule has 0 saturated carbocycles. The number of hydrogen-bond donors (Lipinski definition) is 0. The van der Waals surface area contributed by atoms with Crippen molar-refractivity contribution in [2.75, 3.05) is 19.1 Å². The van der Waals surface area contributed by atoms with Gasteiger partial charge in [0.2, 0.25) is 0 Å². The van der Waals surface area contributed by atoms with Gasteiger partial charge in [0.1, 0.15) is 17.1 Å². The molecule has 0 N–H and O–H groups in total. The van der Waals surface area contributed by atoms with Gasteiger partial charge in [-0.1, -0.05) is 6.08 Å². The normalized spacial score (nSPS) is 13.8. The van der Waals surface area contributed by atoms with Crippen LogP contribution >= 0.6 is 0 Å². The summed E-state index contributed by atoms with van der Waals surface area (Å²) in [5, 5.41) is 0. The summed E-state index contributed by atoms with van der Waals surface area (Å²) in [5.41, 5.74) is -1.10. The Morgan fingerprint density at radius 1 is 0.966 bits per heavy atom. The summed E-state index contributed by atoms with van der Waals surface area (Å²) in [6.45, 7) is 4.99. The number of allylic oxidation sites excluding steroid dienone is 2. The molecule has 7 nitrogen and oxygen atoms in total. The van der Waals surface area contributed by atoms with Crippen molar-refractivity contribution < 1.29 is 33.0 Å². The molecule has 0 saturated heterocycles. The van der Waals surface area contributed by atoms with Crippen molar-refractivity contribution in [1.82, 2.24) is 0 Å². The van der Waals surface area contributed by atoms with E-state index in [2.05, 4.69) is 0 Å². The molecule has 0 aliphatic carbocycles. The summed E-state index contributed by atoms with van der Waals surface area (Å²) in [5.74, 6) is -3.21. The van der Waals surface area contributed by atoms with Crippen LogP contribution in [0.2, 0.25) is 0 Å². The number of methoxy groups -OCH3 is 2. The van der Waals surface area contributed by atoms with E-state index in [9.17, 15) is 18.8 Å². The van der Waals surface area contributed by atoms with Gasteiger partial charge < -0.3 is 19.1 Å². The van der Waals surface area contributed by atoms with Crippen LogP contribution in [-0.2, 0) is 23.8 Å². The zero-order valence-corrected chi connectivity index (χ0v) is 16.8. The number of esters is 3. The Morgan fingerprint density at radius 2 is 1.62 bits per heavy atom. The quantitative estimate of drug-likeness (QED) is 0.564. The van der Waals surface area contributed by atoms with Crippen molar-refractivity contribution in [1.29, 1.82) is 0 Å². The molecule has 1 aliphatic heterocycles. The highest BCUT2D eigenvalue weighted by atomic mass is 19.1. The number of rotatable bonds is 4. The Hall–Kier alpha value is -3.42. The van der Waals surface area contributed by atoms with Crippen molar-refractivity contribution >= 4 is 23.6 Å². The van der Waals surface area contributed by atoms with E-state index in [4.69, 9.17) is 14.2 Å². The Bertz CT molecular complexity index is 924. The van der Waals surface area contributed by atoms with Gasteiger partial charge >= 0.3 is 17.9 Å². The Balaban J connectivity index is 2.62. The summed E-state index contributed by atoms with van der Waals surface area (Å²) in [4.78, 5) is 38.3. The predicted octanol–water partition coefficient (Wildman–Crippen LogP) is 3.27. The maximum atomic E-state index is 14.3. The number of ether oxygens (including phenoxy) is 3. The first kappa shape index (κ1) is 21.9. The van der Waals surface area contributed by atoms with Crippen LogP contribution in [-0.4, -0.2) is 37.7 Å². The van der Waals surface area contributed by atoms with Gasteiger partial charge in [0.25, 0.3) is 0 Å². The Kier molecular flexibility index (Phi) is 6.58. The van der Waals surface area contributed by atoms with Crippen LogP contribution in [0.15, 0.2) is 53.9 Å². The molecule has 1 heterocycles. The maximum absolute atomic E-state index is 14.3. The molecule has 1 aromatic rings. The second-order valence-corrected chi connectivity index (χ2v) is 6.98. The third kappa shape index (κ3) is 5.10. The van der Waals surface area contributed by atoms with E-state index in [1.807, 2.05) is 0 Å². The highest BCUT2D eigenvalue weighted by molar-refractivity contribution is 6.05. The summed E-state index contributed by atoms with van der Waals surface area (Å²) in [6, 6.07) is 3.67. The lowest BCUT2D eigenvalue weighted by Crippen LogP contribution is -2.28. The lowest BCUT2D eigenvalue weighted by Gasteiger charge is -2.24. The third-order valence-corrected chi connectivity index (χ3v) is 3.74. The number of benzene rings is 1. The van der Waals surface area contributed by atoms with E-state index in [0.29, 0.717) is 0 Å². The molecule has 0 atom stereocenters. The molecular formula is C21H22FNO6. The fraction of sp³-hybridized carbons (Fsp3) is 0.286. The first-order chi connectivity index (χ1) is 13.6. The number of carbonyl (C=O) groups is 3. The molecule has 29 heavy (non-hydrogen) atoms. The van der Waals surface area contributed by atoms with Gasteiger partial charge in [-0.15, -0.1) is 0 Å². The third-order valence-electron chi connectivity index (χ3n) is 3.74. The average molecular weight is 403 g/mol. The van der Waals surface area contributed by atoms with E-state index in [0.717, 1.165) is 13.2 Å². The minimum absolute atomic E-state index is 0.0625. The highest BCUT2D eigenvalue weighted by Gasteiger charge is 2.29. The Labute approximate surface area is 168 Å². The van der Waals surface area contributed by atoms with E-state index in [1.165, 1.54) is 42.5 Å². The van der Waals surface area contributed by atoms with Gasteiger partial charge in [-0.25, -0.2) is 18.8 Å². The Morgan fingerprint density at radius 3 is 2.21 bits per heavy atom. The monoisotopic (exact) mass is 403 g/mol. The van der Waals surface area contributed by atoms with Gasteiger partial charge in [0, 0.05) is 11.9 Å². The fourth-order valence-electron chi connectivity index (χ4n) is 2.52. The first-order valence-electron chi connectivity index (χ1n) is 8.67. The smallest absolute Gasteiger partial charge is 0.355 e. The number of hydrogen-bond acceptors (Lipinski definition) is 7. The zero-order valence-electron chi connectivity index (χ0n) is 16.8. The molecule has 1 aromatic carbocycles. The molecular weight excluding hydrogens is 381 g/mol. The molecule has 2 rings (SSSR count). The van der Waals surface area contributed by atoms with Crippen LogP contribution in [0.25, 0.3) is 0 Å². The van der Waals surface area contributed by atoms with E-state index in [1.54, 1.807) is 26.8 Å². The van der Waals surface area contributed by atoms with Gasteiger partial charge in [0.05, 0.1) is 25.4 Å². The molecule has 0 bridgehead atoms. The molecule has 8 heteroatoms. The largest absolute Gasteiger partial charge is 0.465 e. The SMILES string of the molecule is COC(=O)C1=C(C(=O)OC)N(c2ccc(F)c(C(=O)OC(C)(C)C)c2)C=CC=C1. The van der Waals surface area contributed by atoms with Crippen molar-refractivity contribution in [3.8, 4) is 0 Å². The summed E-state index contributed by atoms with van der Waals surface area (Å²) < 4.78 is 29.1. The molecule has 0 aromatic heterocycles. The predicted molar refractivity (Wildman–Crippen MR) is 103 cm³/mol. The minimum atomic E-state index is -0.856. The topological polar surface area (TPSA) is 82.1 Å². The van der Waals surface area contributed by atoms with E-state index < -0.39 is 29.3 Å². The van der Waals surface area contributed by atoms with E-state index >= 15 is 0 Å². The van der Waals surface area contributed by atoms with Crippen LogP contribution in [0.5, 0.6) is 0 Å². The molecule has 1 aliphatic rings. The molecule has 0 unspecified atom stereocenters. The van der Waals surface area contributed by atoms with Crippen molar-refractivity contribution in [2.45, 2.75) is 26.4 Å². The van der Waals surface area contributed by atoms with Crippen LogP contribution in [0, 0.1) is 5.82 Å². The minimum Gasteiger partial charge on any atom is -0.465 e. The van der Waals surface area contributed by atoms with E-state index in [-0.39, 0.29) is 22.5 Å². The summed E-state index contributed by atoms with van der Waals surface area (Å²) >= 11 is 0. The van der Waals surface area contributed by atoms with Crippen LogP contribution in [0.3, 0.4) is 0 Å². The lowest BCUT2D eigenvalue weighted by atomic mass is 10.1. The average Bonchev–Trinajstić information content (AvgIpc) is 2.88. The highest BCUT2D eigenvalue weighted by Crippen LogP contribution is 2.28. The summed E-state index contributed by atoms with van der Waals surface area (Å²) in [6.07, 6.45) is 5.97.